The monoisotopic (exact) mass is 288 g/mol. The van der Waals surface area contributed by atoms with Crippen LogP contribution in [0.1, 0.15) is 6.92 Å². The molecule has 0 radical (unpaired) electrons. The summed E-state index contributed by atoms with van der Waals surface area (Å²) in [5.41, 5.74) is 2.05. The van der Waals surface area contributed by atoms with Gasteiger partial charge in [-0.25, -0.2) is 4.98 Å². The molecule has 1 aliphatic heterocycles. The molecule has 3 rings (SSSR count). The predicted octanol–water partition coefficient (Wildman–Crippen LogP) is 0.529. The molecule has 6 nitrogen and oxygen atoms in total. The molecule has 1 amide bonds. The number of amides is 1. The minimum Gasteiger partial charge on any atom is -0.375 e. The van der Waals surface area contributed by atoms with E-state index >= 15 is 0 Å². The fraction of sp³-hybridized carbons (Fsp3) is 0.467. The first kappa shape index (κ1) is 14.0. The highest BCUT2D eigenvalue weighted by Gasteiger charge is 2.27. The first-order valence-electron chi connectivity index (χ1n) is 7.28. The van der Waals surface area contributed by atoms with Crippen molar-refractivity contribution in [3.8, 4) is 0 Å². The molecule has 1 aliphatic rings. The molecule has 1 fully saturated rings. The number of benzene rings is 1. The number of hydrogen-bond donors (Lipinski definition) is 2. The molecule has 0 saturated carbocycles. The Kier molecular flexibility index (Phi) is 4.17. The van der Waals surface area contributed by atoms with E-state index in [9.17, 15) is 4.79 Å². The number of nitrogens with zero attached hydrogens (tertiary/aromatic N) is 2. The highest BCUT2D eigenvalue weighted by molar-refractivity contribution is 5.82. The van der Waals surface area contributed by atoms with E-state index < -0.39 is 0 Å². The second-order valence-electron chi connectivity index (χ2n) is 5.23. The zero-order chi connectivity index (χ0) is 14.7. The van der Waals surface area contributed by atoms with Gasteiger partial charge in [-0.05, 0) is 19.1 Å². The lowest BCUT2D eigenvalue weighted by atomic mass is 10.1. The van der Waals surface area contributed by atoms with Gasteiger partial charge in [-0.15, -0.1) is 0 Å². The largest absolute Gasteiger partial charge is 0.375 e. The summed E-state index contributed by atoms with van der Waals surface area (Å²) in [6.07, 6.45) is 1.72. The molecule has 2 atom stereocenters. The number of carbonyl (C=O) groups excluding carboxylic acids is 1. The summed E-state index contributed by atoms with van der Waals surface area (Å²) < 4.78 is 7.53. The molecular formula is C15H20N4O2. The third-order valence-corrected chi connectivity index (χ3v) is 3.78. The van der Waals surface area contributed by atoms with Crippen molar-refractivity contribution in [2.75, 3.05) is 19.7 Å². The third kappa shape index (κ3) is 3.06. The summed E-state index contributed by atoms with van der Waals surface area (Å²) in [5, 5.41) is 6.14. The molecule has 112 valence electrons. The average molecular weight is 288 g/mol. The van der Waals surface area contributed by atoms with Gasteiger partial charge in [0.05, 0.1) is 30.1 Å². The standard InChI is InChI=1S/C15H20N4O2/c1-11-14(16-7-9-21-11)15(20)17-6-8-19-10-18-12-4-2-3-5-13(12)19/h2-5,10-11,14,16H,6-9H2,1H3,(H,17,20)/t11-,14+/m1/s1. The van der Waals surface area contributed by atoms with Crippen molar-refractivity contribution in [3.05, 3.63) is 30.6 Å². The zero-order valence-electron chi connectivity index (χ0n) is 12.1. The Balaban J connectivity index is 1.55. The zero-order valence-corrected chi connectivity index (χ0v) is 12.1. The number of morpholine rings is 1. The first-order valence-corrected chi connectivity index (χ1v) is 7.28. The Morgan fingerprint density at radius 1 is 1.52 bits per heavy atom. The smallest absolute Gasteiger partial charge is 0.239 e. The molecule has 1 aromatic carbocycles. The highest BCUT2D eigenvalue weighted by Crippen LogP contribution is 2.11. The SMILES string of the molecule is C[C@H]1OCCN[C@@H]1C(=O)NCCn1cnc2ccccc21. The number of nitrogens with one attached hydrogen (secondary N) is 2. The average Bonchev–Trinajstić information content (AvgIpc) is 2.91. The van der Waals surface area contributed by atoms with E-state index in [0.29, 0.717) is 26.2 Å². The van der Waals surface area contributed by atoms with Crippen LogP contribution in [-0.4, -0.2) is 47.3 Å². The number of para-hydroxylation sites is 2. The van der Waals surface area contributed by atoms with Crippen molar-refractivity contribution >= 4 is 16.9 Å². The summed E-state index contributed by atoms with van der Waals surface area (Å²) >= 11 is 0. The van der Waals surface area contributed by atoms with Gasteiger partial charge >= 0.3 is 0 Å². The number of carbonyl (C=O) groups is 1. The van der Waals surface area contributed by atoms with E-state index in [4.69, 9.17) is 4.74 Å². The van der Waals surface area contributed by atoms with Crippen LogP contribution in [0.3, 0.4) is 0 Å². The van der Waals surface area contributed by atoms with Crippen molar-refractivity contribution < 1.29 is 9.53 Å². The second-order valence-corrected chi connectivity index (χ2v) is 5.23. The van der Waals surface area contributed by atoms with Crippen LogP contribution in [0.5, 0.6) is 0 Å². The maximum atomic E-state index is 12.1. The van der Waals surface area contributed by atoms with Gasteiger partial charge in [0.15, 0.2) is 0 Å². The van der Waals surface area contributed by atoms with Gasteiger partial charge < -0.3 is 19.9 Å². The van der Waals surface area contributed by atoms with Gasteiger partial charge in [-0.2, -0.15) is 0 Å². The molecule has 0 aliphatic carbocycles. The Hall–Kier alpha value is -1.92. The first-order chi connectivity index (χ1) is 10.3. The molecule has 2 aromatic rings. The van der Waals surface area contributed by atoms with Crippen molar-refractivity contribution in [2.24, 2.45) is 0 Å². The van der Waals surface area contributed by atoms with E-state index in [0.717, 1.165) is 11.0 Å². The third-order valence-electron chi connectivity index (χ3n) is 3.78. The fourth-order valence-corrected chi connectivity index (χ4v) is 2.63. The van der Waals surface area contributed by atoms with Crippen molar-refractivity contribution in [1.82, 2.24) is 20.2 Å². The lowest BCUT2D eigenvalue weighted by Gasteiger charge is -2.29. The molecule has 2 N–H and O–H groups in total. The molecule has 2 heterocycles. The number of imidazole rings is 1. The van der Waals surface area contributed by atoms with Crippen LogP contribution >= 0.6 is 0 Å². The summed E-state index contributed by atoms with van der Waals surface area (Å²) in [5.74, 6) is -0.00776. The van der Waals surface area contributed by atoms with E-state index in [1.807, 2.05) is 35.8 Å². The van der Waals surface area contributed by atoms with Crippen molar-refractivity contribution in [1.29, 1.82) is 0 Å². The Morgan fingerprint density at radius 2 is 2.38 bits per heavy atom. The maximum absolute atomic E-state index is 12.1. The van der Waals surface area contributed by atoms with Gasteiger partial charge in [-0.1, -0.05) is 12.1 Å². The van der Waals surface area contributed by atoms with E-state index in [-0.39, 0.29) is 18.1 Å². The lowest BCUT2D eigenvalue weighted by Crippen LogP contribution is -2.55. The number of fused-ring (bicyclic) bond motifs is 1. The second kappa shape index (κ2) is 6.24. The molecular weight excluding hydrogens is 268 g/mol. The van der Waals surface area contributed by atoms with Crippen LogP contribution in [0, 0.1) is 0 Å². The van der Waals surface area contributed by atoms with E-state index in [2.05, 4.69) is 15.6 Å². The van der Waals surface area contributed by atoms with Crippen molar-refractivity contribution in [3.63, 3.8) is 0 Å². The summed E-state index contributed by atoms with van der Waals surface area (Å²) in [6.45, 7) is 4.57. The van der Waals surface area contributed by atoms with Gasteiger partial charge in [0, 0.05) is 19.6 Å². The summed E-state index contributed by atoms with van der Waals surface area (Å²) in [7, 11) is 0. The lowest BCUT2D eigenvalue weighted by molar-refractivity contribution is -0.128. The Labute approximate surface area is 123 Å². The molecule has 21 heavy (non-hydrogen) atoms. The van der Waals surface area contributed by atoms with Gasteiger partial charge in [0.1, 0.15) is 6.04 Å². The molecule has 6 heteroatoms. The summed E-state index contributed by atoms with van der Waals surface area (Å²) in [4.78, 5) is 16.5. The summed E-state index contributed by atoms with van der Waals surface area (Å²) in [6, 6.07) is 7.71. The van der Waals surface area contributed by atoms with Gasteiger partial charge in [0.2, 0.25) is 5.91 Å². The number of ether oxygens (including phenoxy) is 1. The molecule has 0 unspecified atom stereocenters. The van der Waals surface area contributed by atoms with Crippen LogP contribution in [0.2, 0.25) is 0 Å². The number of rotatable bonds is 4. The number of aromatic nitrogens is 2. The van der Waals surface area contributed by atoms with E-state index in [1.165, 1.54) is 0 Å². The van der Waals surface area contributed by atoms with Crippen LogP contribution in [0.25, 0.3) is 11.0 Å². The number of hydrogen-bond acceptors (Lipinski definition) is 4. The van der Waals surface area contributed by atoms with Crippen molar-refractivity contribution in [2.45, 2.75) is 25.6 Å². The maximum Gasteiger partial charge on any atom is 0.239 e. The molecule has 1 aromatic heterocycles. The van der Waals surface area contributed by atoms with Crippen LogP contribution in [-0.2, 0) is 16.1 Å². The normalized spacial score (nSPS) is 22.3. The van der Waals surface area contributed by atoms with E-state index in [1.54, 1.807) is 6.33 Å². The predicted molar refractivity (Wildman–Crippen MR) is 79.9 cm³/mol. The molecule has 0 bridgehead atoms. The van der Waals surface area contributed by atoms with Crippen LogP contribution in [0.15, 0.2) is 30.6 Å². The Bertz CT molecular complexity index is 625. The quantitative estimate of drug-likeness (QED) is 0.861. The topological polar surface area (TPSA) is 68.2 Å². The van der Waals surface area contributed by atoms with Gasteiger partial charge in [-0.3, -0.25) is 4.79 Å². The minimum absolute atomic E-state index is 0.00776. The molecule has 0 spiro atoms. The fourth-order valence-electron chi connectivity index (χ4n) is 2.63. The Morgan fingerprint density at radius 3 is 3.24 bits per heavy atom. The van der Waals surface area contributed by atoms with Crippen LogP contribution < -0.4 is 10.6 Å². The van der Waals surface area contributed by atoms with Crippen LogP contribution in [0.4, 0.5) is 0 Å². The minimum atomic E-state index is -0.265. The highest BCUT2D eigenvalue weighted by atomic mass is 16.5. The van der Waals surface area contributed by atoms with Gasteiger partial charge in [0.25, 0.3) is 0 Å². The molecule has 1 saturated heterocycles.